The molecule has 1 aliphatic carbocycles. The molecule has 0 saturated heterocycles. The zero-order chi connectivity index (χ0) is 30.8. The fraction of sp³-hybridized carbons (Fsp3) is 0.400. The number of hydrogen-bond donors (Lipinski definition) is 2. The van der Waals surface area contributed by atoms with Gasteiger partial charge in [-0.05, 0) is 55.9 Å². The minimum Gasteiger partial charge on any atom is -0.458 e. The first-order valence-corrected chi connectivity index (χ1v) is 17.6. The molecule has 226 valence electrons. The highest BCUT2D eigenvalue weighted by Crippen LogP contribution is 2.46. The Labute approximate surface area is 257 Å². The summed E-state index contributed by atoms with van der Waals surface area (Å²) in [5, 5.41) is 14.9. The van der Waals surface area contributed by atoms with E-state index in [1.165, 1.54) is 27.3 Å². The molecule has 2 aromatic heterocycles. The minimum atomic E-state index is -1.96. The van der Waals surface area contributed by atoms with E-state index in [0.29, 0.717) is 35.3 Å². The van der Waals surface area contributed by atoms with Crippen molar-refractivity contribution < 1.29 is 28.6 Å². The number of alkyl carbamates (subject to hydrolysis) is 1. The number of pyridine rings is 2. The molecule has 13 heteroatoms. The Balaban J connectivity index is 1.47. The van der Waals surface area contributed by atoms with Gasteiger partial charge in [0, 0.05) is 22.6 Å². The number of amides is 1. The van der Waals surface area contributed by atoms with Crippen LogP contribution < -0.4 is 10.9 Å². The maximum absolute atomic E-state index is 15.1. The summed E-state index contributed by atoms with van der Waals surface area (Å²) in [6.07, 6.45) is 0.459. The third-order valence-electron chi connectivity index (χ3n) is 8.76. The number of nitrogens with one attached hydrogen (secondary N) is 1. The summed E-state index contributed by atoms with van der Waals surface area (Å²) in [4.78, 5) is 44.3. The number of esters is 1. The summed E-state index contributed by atoms with van der Waals surface area (Å²) in [5.41, 5.74) is 3.08. The molecule has 2 aliphatic heterocycles. The van der Waals surface area contributed by atoms with Gasteiger partial charge >= 0.3 is 12.1 Å². The second kappa shape index (κ2) is 11.2. The fourth-order valence-electron chi connectivity index (χ4n) is 6.35. The van der Waals surface area contributed by atoms with Crippen molar-refractivity contribution >= 4 is 52.6 Å². The van der Waals surface area contributed by atoms with Gasteiger partial charge < -0.3 is 24.5 Å². The molecule has 0 radical (unpaired) electrons. The van der Waals surface area contributed by atoms with E-state index in [-0.39, 0.29) is 48.4 Å². The van der Waals surface area contributed by atoms with Crippen LogP contribution in [0.15, 0.2) is 29.1 Å². The maximum atomic E-state index is 15.1. The number of hydrogen-bond acceptors (Lipinski definition) is 9. The lowest BCUT2D eigenvalue weighted by Gasteiger charge is -2.31. The number of carbonyl (C=O) groups is 2. The molecule has 43 heavy (non-hydrogen) atoms. The Morgan fingerprint density at radius 1 is 1.37 bits per heavy atom. The first kappa shape index (κ1) is 30.1. The highest BCUT2D eigenvalue weighted by atomic mass is 33.3. The Bertz CT molecular complexity index is 1800. The van der Waals surface area contributed by atoms with E-state index in [4.69, 9.17) is 14.5 Å². The van der Waals surface area contributed by atoms with Crippen molar-refractivity contribution in [1.82, 2.24) is 14.9 Å². The van der Waals surface area contributed by atoms with E-state index in [1.54, 1.807) is 24.5 Å². The molecule has 1 aromatic carbocycles. The average molecular weight is 644 g/mol. The van der Waals surface area contributed by atoms with Gasteiger partial charge in [-0.15, -0.1) is 0 Å². The average Bonchev–Trinajstić information content (AvgIpc) is 3.35. The van der Waals surface area contributed by atoms with Crippen LogP contribution in [0.2, 0.25) is 0 Å². The Kier molecular flexibility index (Phi) is 7.86. The number of halogens is 1. The smallest absolute Gasteiger partial charge is 0.407 e. The standard InChI is InChI=1S/C30H31FN3O6PS2/c1-5-30(38)18-8-22-26-16(10-34(22)27(35)17(18)11-39-28(30)36)25-20(33-29(37)40-12-23(13(2)3)42-43-41)7-6-15-14(4)19(31)9-21(32-26)24(15)25/h8-9,20,23,38H,2,5-7,10-12,41H2,1,3-4H3,(H,33,37)/t20-,23-,30-/m0/s1. The summed E-state index contributed by atoms with van der Waals surface area (Å²) in [5.74, 6) is -1.19. The van der Waals surface area contributed by atoms with Crippen LogP contribution in [-0.4, -0.2) is 38.6 Å². The number of cyclic esters (lactones) is 1. The monoisotopic (exact) mass is 643 g/mol. The molecule has 1 unspecified atom stereocenters. The van der Waals surface area contributed by atoms with Crippen LogP contribution in [0, 0.1) is 12.7 Å². The van der Waals surface area contributed by atoms with E-state index in [9.17, 15) is 19.5 Å². The van der Waals surface area contributed by atoms with Gasteiger partial charge in [-0.1, -0.05) is 48.7 Å². The number of aliphatic hydroxyl groups is 1. The molecule has 0 bridgehead atoms. The molecule has 0 fully saturated rings. The van der Waals surface area contributed by atoms with Crippen molar-refractivity contribution in [3.8, 4) is 11.4 Å². The zero-order valence-corrected chi connectivity index (χ0v) is 26.7. The second-order valence-corrected chi connectivity index (χ2v) is 15.0. The predicted octanol–water partition coefficient (Wildman–Crippen LogP) is 5.36. The van der Waals surface area contributed by atoms with Crippen LogP contribution in [0.5, 0.6) is 0 Å². The number of aryl methyl sites for hydroxylation is 1. The molecule has 2 N–H and O–H groups in total. The van der Waals surface area contributed by atoms with Crippen molar-refractivity contribution in [2.45, 2.75) is 70.1 Å². The van der Waals surface area contributed by atoms with Crippen molar-refractivity contribution in [2.75, 3.05) is 6.61 Å². The van der Waals surface area contributed by atoms with Crippen LogP contribution in [0.3, 0.4) is 0 Å². The molecular formula is C30H31FN3O6PS2. The van der Waals surface area contributed by atoms with Gasteiger partial charge in [0.25, 0.3) is 5.56 Å². The first-order chi connectivity index (χ1) is 20.5. The largest absolute Gasteiger partial charge is 0.458 e. The third kappa shape index (κ3) is 4.77. The molecule has 4 heterocycles. The molecule has 1 amide bonds. The van der Waals surface area contributed by atoms with Gasteiger partial charge in [-0.2, -0.15) is 0 Å². The number of benzene rings is 1. The van der Waals surface area contributed by atoms with Crippen molar-refractivity contribution in [1.29, 1.82) is 0 Å². The van der Waals surface area contributed by atoms with Gasteiger partial charge in [-0.25, -0.2) is 19.0 Å². The van der Waals surface area contributed by atoms with Gasteiger partial charge in [0.15, 0.2) is 5.60 Å². The van der Waals surface area contributed by atoms with Crippen molar-refractivity contribution in [3.63, 3.8) is 0 Å². The van der Waals surface area contributed by atoms with E-state index in [0.717, 1.165) is 27.6 Å². The van der Waals surface area contributed by atoms with Crippen LogP contribution in [0.1, 0.15) is 66.1 Å². The van der Waals surface area contributed by atoms with E-state index in [2.05, 4.69) is 20.3 Å². The van der Waals surface area contributed by atoms with Gasteiger partial charge in [0.1, 0.15) is 19.0 Å². The number of ether oxygens (including phenoxy) is 2. The maximum Gasteiger partial charge on any atom is 0.407 e. The highest BCUT2D eigenvalue weighted by molar-refractivity contribution is 8.94. The molecular weight excluding hydrogens is 612 g/mol. The molecule has 3 aromatic rings. The van der Waals surface area contributed by atoms with Gasteiger partial charge in [0.05, 0.1) is 40.3 Å². The molecule has 6 rings (SSSR count). The number of fused-ring (bicyclic) bond motifs is 5. The highest BCUT2D eigenvalue weighted by Gasteiger charge is 2.46. The summed E-state index contributed by atoms with van der Waals surface area (Å²) in [6.45, 7) is 9.32. The summed E-state index contributed by atoms with van der Waals surface area (Å²) in [6, 6.07) is 2.53. The van der Waals surface area contributed by atoms with Crippen LogP contribution in [0.25, 0.3) is 22.3 Å². The van der Waals surface area contributed by atoms with E-state index in [1.807, 2.05) is 6.92 Å². The number of carbonyl (C=O) groups excluding carboxylic acids is 2. The fourth-order valence-corrected chi connectivity index (χ4v) is 9.04. The quantitative estimate of drug-likeness (QED) is 0.119. The van der Waals surface area contributed by atoms with Crippen LogP contribution in [-0.2, 0) is 39.4 Å². The van der Waals surface area contributed by atoms with Crippen molar-refractivity contribution in [3.05, 3.63) is 73.8 Å². The molecule has 3 aliphatic rings. The number of rotatable bonds is 7. The lowest BCUT2D eigenvalue weighted by molar-refractivity contribution is -0.172. The Hall–Kier alpha value is -2.92. The molecule has 9 nitrogen and oxygen atoms in total. The predicted molar refractivity (Wildman–Crippen MR) is 168 cm³/mol. The van der Waals surface area contributed by atoms with Crippen LogP contribution >= 0.6 is 29.6 Å². The van der Waals surface area contributed by atoms with E-state index < -0.39 is 29.3 Å². The Morgan fingerprint density at radius 2 is 2.14 bits per heavy atom. The summed E-state index contributed by atoms with van der Waals surface area (Å²) < 4.78 is 27.4. The topological polar surface area (TPSA) is 120 Å². The van der Waals surface area contributed by atoms with Gasteiger partial charge in [0.2, 0.25) is 0 Å². The Morgan fingerprint density at radius 3 is 2.84 bits per heavy atom. The molecule has 0 spiro atoms. The minimum absolute atomic E-state index is 0.0213. The normalized spacial score (nSPS) is 20.6. The van der Waals surface area contributed by atoms with Crippen LogP contribution in [0.4, 0.5) is 9.18 Å². The molecule has 0 saturated carbocycles. The summed E-state index contributed by atoms with van der Waals surface area (Å²) in [7, 11) is 5.58. The second-order valence-electron chi connectivity index (χ2n) is 11.2. The van der Waals surface area contributed by atoms with E-state index >= 15 is 4.39 Å². The SMILES string of the molecule is C=C(C)[C@H](COC(=O)N[C@H]1CCc2c(C)c(F)cc3nc4c(c1c23)Cn1c-4cc2c(c1=O)COC(=O)[C@]2(O)CC)SSP. The lowest BCUT2D eigenvalue weighted by atomic mass is 9.81. The number of nitrogens with zero attached hydrogens (tertiary/aromatic N) is 2. The summed E-state index contributed by atoms with van der Waals surface area (Å²) >= 11 is 0. The van der Waals surface area contributed by atoms with Crippen molar-refractivity contribution in [2.24, 2.45) is 0 Å². The lowest BCUT2D eigenvalue weighted by Crippen LogP contribution is -2.44. The first-order valence-electron chi connectivity index (χ1n) is 13.9. The number of aromatic nitrogens is 2. The third-order valence-corrected chi connectivity index (χ3v) is 11.7. The zero-order valence-electron chi connectivity index (χ0n) is 23.9. The molecule has 4 atom stereocenters. The van der Waals surface area contributed by atoms with Gasteiger partial charge in [-0.3, -0.25) is 4.79 Å².